The molecule has 98 valence electrons. The zero-order chi connectivity index (χ0) is 13.1. The third-order valence-corrected chi connectivity index (χ3v) is 3.49. The molecule has 2 rings (SSSR count). The van der Waals surface area contributed by atoms with Crippen molar-refractivity contribution in [2.75, 3.05) is 0 Å². The van der Waals surface area contributed by atoms with Gasteiger partial charge in [0.25, 0.3) is 0 Å². The van der Waals surface area contributed by atoms with Crippen LogP contribution in [0.15, 0.2) is 22.6 Å². The van der Waals surface area contributed by atoms with Gasteiger partial charge < -0.3 is 4.42 Å². The summed E-state index contributed by atoms with van der Waals surface area (Å²) in [6, 6.07) is 6.19. The van der Waals surface area contributed by atoms with Gasteiger partial charge in [-0.1, -0.05) is 33.3 Å². The molecule has 1 unspecified atom stereocenters. The number of benzene rings is 1. The van der Waals surface area contributed by atoms with Gasteiger partial charge in [0.2, 0.25) is 0 Å². The summed E-state index contributed by atoms with van der Waals surface area (Å²) >= 11 is 0. The lowest BCUT2D eigenvalue weighted by Crippen LogP contribution is -2.00. The van der Waals surface area contributed by atoms with Crippen LogP contribution in [-0.4, -0.2) is 4.98 Å². The minimum Gasteiger partial charge on any atom is -0.440 e. The molecule has 0 amide bonds. The molecular formula is C16H23NO. The van der Waals surface area contributed by atoms with Crippen molar-refractivity contribution in [3.8, 4) is 0 Å². The van der Waals surface area contributed by atoms with Gasteiger partial charge in [-0.3, -0.25) is 0 Å². The molecule has 0 aliphatic heterocycles. The third kappa shape index (κ3) is 2.92. The van der Waals surface area contributed by atoms with E-state index in [2.05, 4.69) is 44.8 Å². The average molecular weight is 245 g/mol. The van der Waals surface area contributed by atoms with Crippen molar-refractivity contribution < 1.29 is 4.42 Å². The Kier molecular flexibility index (Phi) is 4.05. The molecule has 2 nitrogen and oxygen atoms in total. The van der Waals surface area contributed by atoms with Gasteiger partial charge in [0.15, 0.2) is 11.5 Å². The predicted molar refractivity (Wildman–Crippen MR) is 75.9 cm³/mol. The molecule has 0 aliphatic rings. The Morgan fingerprint density at radius 2 is 2.00 bits per heavy atom. The van der Waals surface area contributed by atoms with Crippen LogP contribution < -0.4 is 0 Å². The largest absolute Gasteiger partial charge is 0.440 e. The summed E-state index contributed by atoms with van der Waals surface area (Å²) < 4.78 is 5.90. The van der Waals surface area contributed by atoms with Crippen LogP contribution in [0.2, 0.25) is 0 Å². The quantitative estimate of drug-likeness (QED) is 0.735. The molecule has 1 heterocycles. The van der Waals surface area contributed by atoms with E-state index in [1.54, 1.807) is 0 Å². The Morgan fingerprint density at radius 3 is 2.67 bits per heavy atom. The van der Waals surface area contributed by atoms with E-state index < -0.39 is 0 Å². The molecule has 1 aromatic carbocycles. The molecule has 1 atom stereocenters. The van der Waals surface area contributed by atoms with Gasteiger partial charge in [0.05, 0.1) is 0 Å². The zero-order valence-electron chi connectivity index (χ0n) is 11.9. The lowest BCUT2D eigenvalue weighted by molar-refractivity contribution is 0.412. The number of nitrogens with zero attached hydrogens (tertiary/aromatic N) is 1. The number of oxazole rings is 1. The van der Waals surface area contributed by atoms with Crippen LogP contribution in [0.25, 0.3) is 11.1 Å². The maximum absolute atomic E-state index is 5.90. The summed E-state index contributed by atoms with van der Waals surface area (Å²) in [5.74, 6) is 2.12. The van der Waals surface area contributed by atoms with Crippen molar-refractivity contribution in [1.82, 2.24) is 4.98 Å². The first-order chi connectivity index (χ1) is 8.60. The van der Waals surface area contributed by atoms with Crippen molar-refractivity contribution in [3.05, 3.63) is 29.7 Å². The molecule has 0 aliphatic carbocycles. The van der Waals surface area contributed by atoms with Crippen LogP contribution in [0.5, 0.6) is 0 Å². The van der Waals surface area contributed by atoms with Gasteiger partial charge in [-0.15, -0.1) is 0 Å². The number of hydrogen-bond acceptors (Lipinski definition) is 2. The highest BCUT2D eigenvalue weighted by Gasteiger charge is 2.16. The highest BCUT2D eigenvalue weighted by molar-refractivity contribution is 5.73. The normalized spacial score (nSPS) is 13.4. The smallest absolute Gasteiger partial charge is 0.198 e. The Bertz CT molecular complexity index is 513. The van der Waals surface area contributed by atoms with Crippen LogP contribution in [0.1, 0.15) is 57.4 Å². The van der Waals surface area contributed by atoms with Crippen molar-refractivity contribution in [2.24, 2.45) is 5.92 Å². The SMILES string of the molecule is CCC(CCC(C)C)c1nc2cc(C)ccc2o1. The van der Waals surface area contributed by atoms with E-state index in [0.29, 0.717) is 5.92 Å². The second kappa shape index (κ2) is 5.55. The lowest BCUT2D eigenvalue weighted by atomic mass is 9.96. The molecule has 0 saturated carbocycles. The summed E-state index contributed by atoms with van der Waals surface area (Å²) in [7, 11) is 0. The molecule has 1 aromatic heterocycles. The first-order valence-corrected chi connectivity index (χ1v) is 6.97. The highest BCUT2D eigenvalue weighted by Crippen LogP contribution is 2.29. The molecule has 0 bridgehead atoms. The molecule has 2 aromatic rings. The van der Waals surface area contributed by atoms with E-state index in [9.17, 15) is 0 Å². The molecular weight excluding hydrogens is 222 g/mol. The third-order valence-electron chi connectivity index (χ3n) is 3.49. The number of aryl methyl sites for hydroxylation is 1. The van der Waals surface area contributed by atoms with Crippen LogP contribution in [-0.2, 0) is 0 Å². The van der Waals surface area contributed by atoms with E-state index in [1.165, 1.54) is 18.4 Å². The maximum atomic E-state index is 5.90. The summed E-state index contributed by atoms with van der Waals surface area (Å²) in [6.45, 7) is 8.83. The van der Waals surface area contributed by atoms with Crippen molar-refractivity contribution in [2.45, 2.75) is 52.9 Å². The summed E-state index contributed by atoms with van der Waals surface area (Å²) in [5.41, 5.74) is 3.14. The number of hydrogen-bond donors (Lipinski definition) is 0. The fourth-order valence-corrected chi connectivity index (χ4v) is 2.27. The van der Waals surface area contributed by atoms with Gasteiger partial charge in [-0.2, -0.15) is 0 Å². The summed E-state index contributed by atoms with van der Waals surface area (Å²) in [6.07, 6.45) is 3.49. The summed E-state index contributed by atoms with van der Waals surface area (Å²) in [4.78, 5) is 4.66. The standard InChI is InChI=1S/C16H23NO/c1-5-13(8-6-11(2)3)16-17-14-10-12(4)7-9-15(14)18-16/h7,9-11,13H,5-6,8H2,1-4H3. The second-order valence-electron chi connectivity index (χ2n) is 5.60. The van der Waals surface area contributed by atoms with Crippen LogP contribution in [0.4, 0.5) is 0 Å². The maximum Gasteiger partial charge on any atom is 0.198 e. The molecule has 0 radical (unpaired) electrons. The molecule has 0 fully saturated rings. The van der Waals surface area contributed by atoms with Gasteiger partial charge in [0.1, 0.15) is 5.52 Å². The van der Waals surface area contributed by atoms with E-state index in [4.69, 9.17) is 4.42 Å². The zero-order valence-corrected chi connectivity index (χ0v) is 11.9. The lowest BCUT2D eigenvalue weighted by Gasteiger charge is -2.12. The monoisotopic (exact) mass is 245 g/mol. The van der Waals surface area contributed by atoms with E-state index >= 15 is 0 Å². The average Bonchev–Trinajstić information content (AvgIpc) is 2.72. The topological polar surface area (TPSA) is 26.0 Å². The molecule has 2 heteroatoms. The van der Waals surface area contributed by atoms with E-state index in [1.807, 2.05) is 6.07 Å². The molecule has 0 saturated heterocycles. The second-order valence-corrected chi connectivity index (χ2v) is 5.60. The minimum absolute atomic E-state index is 0.458. The number of rotatable bonds is 5. The summed E-state index contributed by atoms with van der Waals surface area (Å²) in [5, 5.41) is 0. The minimum atomic E-state index is 0.458. The Balaban J connectivity index is 2.22. The molecule has 18 heavy (non-hydrogen) atoms. The number of fused-ring (bicyclic) bond motifs is 1. The van der Waals surface area contributed by atoms with Gasteiger partial charge in [-0.25, -0.2) is 4.98 Å². The fraction of sp³-hybridized carbons (Fsp3) is 0.562. The Labute approximate surface area is 109 Å². The van der Waals surface area contributed by atoms with Crippen LogP contribution >= 0.6 is 0 Å². The van der Waals surface area contributed by atoms with Gasteiger partial charge in [0, 0.05) is 5.92 Å². The van der Waals surface area contributed by atoms with Crippen molar-refractivity contribution >= 4 is 11.1 Å². The molecule has 0 N–H and O–H groups in total. The first-order valence-electron chi connectivity index (χ1n) is 6.97. The van der Waals surface area contributed by atoms with Gasteiger partial charge >= 0.3 is 0 Å². The highest BCUT2D eigenvalue weighted by atomic mass is 16.3. The predicted octanol–water partition coefficient (Wildman–Crippen LogP) is 5.07. The van der Waals surface area contributed by atoms with Crippen molar-refractivity contribution in [3.63, 3.8) is 0 Å². The van der Waals surface area contributed by atoms with Gasteiger partial charge in [-0.05, 0) is 43.4 Å². The van der Waals surface area contributed by atoms with Crippen LogP contribution in [0, 0.1) is 12.8 Å². The van der Waals surface area contributed by atoms with E-state index in [0.717, 1.165) is 29.3 Å². The fourth-order valence-electron chi connectivity index (χ4n) is 2.27. The Hall–Kier alpha value is -1.31. The van der Waals surface area contributed by atoms with E-state index in [-0.39, 0.29) is 0 Å². The Morgan fingerprint density at radius 1 is 1.22 bits per heavy atom. The molecule has 0 spiro atoms. The van der Waals surface area contributed by atoms with Crippen molar-refractivity contribution in [1.29, 1.82) is 0 Å². The first kappa shape index (κ1) is 13.1. The number of aromatic nitrogens is 1. The van der Waals surface area contributed by atoms with Crippen LogP contribution in [0.3, 0.4) is 0 Å².